The smallest absolute Gasteiger partial charge is 0.336 e. The van der Waals surface area contributed by atoms with Gasteiger partial charge in [-0.2, -0.15) is 0 Å². The van der Waals surface area contributed by atoms with E-state index in [-0.39, 0.29) is 5.56 Å². The molecule has 2 rings (SSSR count). The lowest BCUT2D eigenvalue weighted by atomic mass is 9.95. The molecule has 2 aromatic rings. The van der Waals surface area contributed by atoms with Gasteiger partial charge >= 0.3 is 5.97 Å². The zero-order valence-electron chi connectivity index (χ0n) is 14.6. The molecule has 1 heterocycles. The maximum atomic E-state index is 12.1. The zero-order chi connectivity index (χ0) is 18.9. The Morgan fingerprint density at radius 2 is 2.04 bits per heavy atom. The average Bonchev–Trinajstić information content (AvgIpc) is 2.86. The molecule has 1 unspecified atom stereocenters. The van der Waals surface area contributed by atoms with Crippen molar-refractivity contribution < 1.29 is 19.0 Å². The number of benzene rings is 1. The maximum absolute atomic E-state index is 12.1. The highest BCUT2D eigenvalue weighted by atomic mass is 35.5. The third-order valence-corrected chi connectivity index (χ3v) is 5.11. The topological polar surface area (TPSA) is 98.8 Å². The van der Waals surface area contributed by atoms with E-state index in [2.05, 4.69) is 9.55 Å². The molecule has 1 aromatic carbocycles. The van der Waals surface area contributed by atoms with Crippen LogP contribution in [0.5, 0.6) is 0 Å². The zero-order valence-corrected chi connectivity index (χ0v) is 16.2. The van der Waals surface area contributed by atoms with Crippen molar-refractivity contribution in [1.29, 1.82) is 0 Å². The minimum atomic E-state index is -1.45. The number of halogens is 1. The van der Waals surface area contributed by atoms with Gasteiger partial charge in [0.1, 0.15) is 22.3 Å². The molecule has 0 radical (unpaired) electrons. The van der Waals surface area contributed by atoms with Crippen LogP contribution in [0, 0.1) is 13.8 Å². The Kier molecular flexibility index (Phi) is 5.61. The standard InChI is InChI=1S/C17H19ClN2O4S/c1-9-12(6-11(18)7-13(9)16(21)22)15-10(2)20-24-14(15)8-19-25(23)17(3,4)5/h6-8H,1-5H3,(H,21,22)/b19-8+. The lowest BCUT2D eigenvalue weighted by Crippen LogP contribution is -2.25. The molecule has 1 atom stereocenters. The highest BCUT2D eigenvalue weighted by Gasteiger charge is 2.27. The summed E-state index contributed by atoms with van der Waals surface area (Å²) in [5.41, 5.74) is 2.37. The molecule has 0 spiro atoms. The Labute approximate surface area is 154 Å². The van der Waals surface area contributed by atoms with Gasteiger partial charge in [0.25, 0.3) is 0 Å². The fourth-order valence-corrected chi connectivity index (χ4v) is 2.94. The minimum Gasteiger partial charge on any atom is -0.591 e. The van der Waals surface area contributed by atoms with Crippen molar-refractivity contribution >= 4 is 35.1 Å². The molecule has 8 heteroatoms. The van der Waals surface area contributed by atoms with E-state index in [4.69, 9.17) is 16.1 Å². The lowest BCUT2D eigenvalue weighted by Gasteiger charge is -2.17. The van der Waals surface area contributed by atoms with Crippen molar-refractivity contribution in [3.05, 3.63) is 39.7 Å². The van der Waals surface area contributed by atoms with Crippen LogP contribution in [0.3, 0.4) is 0 Å². The summed E-state index contributed by atoms with van der Waals surface area (Å²) in [5, 5.41) is 13.6. The van der Waals surface area contributed by atoms with Crippen LogP contribution < -0.4 is 0 Å². The summed E-state index contributed by atoms with van der Waals surface area (Å²) in [6.07, 6.45) is 1.36. The fourth-order valence-electron chi connectivity index (χ4n) is 2.22. The second kappa shape index (κ2) is 7.19. The largest absolute Gasteiger partial charge is 0.591 e. The van der Waals surface area contributed by atoms with Gasteiger partial charge in [-0.25, -0.2) is 4.79 Å². The Morgan fingerprint density at radius 3 is 2.60 bits per heavy atom. The van der Waals surface area contributed by atoms with Crippen LogP contribution >= 0.6 is 11.6 Å². The predicted octanol–water partition coefficient (Wildman–Crippen LogP) is 4.19. The number of rotatable bonds is 4. The van der Waals surface area contributed by atoms with Gasteiger partial charge in [-0.05, 0) is 57.9 Å². The number of carboxylic acid groups (broad SMARTS) is 1. The van der Waals surface area contributed by atoms with E-state index < -0.39 is 22.1 Å². The van der Waals surface area contributed by atoms with Crippen LogP contribution in [0.4, 0.5) is 0 Å². The Hall–Kier alpha value is -1.83. The first kappa shape index (κ1) is 19.5. The van der Waals surface area contributed by atoms with Crippen molar-refractivity contribution in [2.45, 2.75) is 39.4 Å². The molecule has 0 bridgehead atoms. The number of carbonyl (C=O) groups is 1. The van der Waals surface area contributed by atoms with Crippen LogP contribution in [0.15, 0.2) is 21.1 Å². The molecule has 0 saturated carbocycles. The highest BCUT2D eigenvalue weighted by molar-refractivity contribution is 7.91. The van der Waals surface area contributed by atoms with E-state index in [9.17, 15) is 14.5 Å². The van der Waals surface area contributed by atoms with Crippen molar-refractivity contribution in [1.82, 2.24) is 5.16 Å². The van der Waals surface area contributed by atoms with Gasteiger partial charge in [0.15, 0.2) is 5.76 Å². The summed E-state index contributed by atoms with van der Waals surface area (Å²) in [4.78, 5) is 11.4. The number of nitrogens with zero attached hydrogens (tertiary/aromatic N) is 2. The summed E-state index contributed by atoms with van der Waals surface area (Å²) >= 11 is 4.63. The van der Waals surface area contributed by atoms with Gasteiger partial charge in [-0.3, -0.25) is 0 Å². The van der Waals surface area contributed by atoms with Crippen molar-refractivity contribution in [3.63, 3.8) is 0 Å². The van der Waals surface area contributed by atoms with Crippen molar-refractivity contribution in [2.75, 3.05) is 0 Å². The average molecular weight is 383 g/mol. The van der Waals surface area contributed by atoms with Crippen LogP contribution in [0.2, 0.25) is 5.02 Å². The number of aromatic carboxylic acids is 1. The minimum absolute atomic E-state index is 0.101. The molecule has 0 aliphatic heterocycles. The molecule has 134 valence electrons. The Bertz CT molecular complexity index is 840. The van der Waals surface area contributed by atoms with Crippen LogP contribution in [0.1, 0.15) is 48.1 Å². The van der Waals surface area contributed by atoms with Gasteiger partial charge in [0, 0.05) is 5.02 Å². The third kappa shape index (κ3) is 4.23. The van der Waals surface area contributed by atoms with E-state index in [0.717, 1.165) is 0 Å². The number of hydrogen-bond donors (Lipinski definition) is 1. The number of aromatic nitrogens is 1. The van der Waals surface area contributed by atoms with Crippen LogP contribution in [-0.2, 0) is 11.4 Å². The first-order valence-electron chi connectivity index (χ1n) is 7.48. The van der Waals surface area contributed by atoms with Gasteiger partial charge < -0.3 is 14.2 Å². The second-order valence-corrected chi connectivity index (χ2v) is 8.90. The summed E-state index contributed by atoms with van der Waals surface area (Å²) in [5.74, 6) is -0.767. The predicted molar refractivity (Wildman–Crippen MR) is 98.9 cm³/mol. The Morgan fingerprint density at radius 1 is 1.40 bits per heavy atom. The van der Waals surface area contributed by atoms with E-state index in [1.807, 2.05) is 20.8 Å². The van der Waals surface area contributed by atoms with Gasteiger partial charge in [0.05, 0.1) is 16.8 Å². The van der Waals surface area contributed by atoms with Gasteiger partial charge in [0.2, 0.25) is 0 Å². The number of carboxylic acids is 1. The van der Waals surface area contributed by atoms with E-state index >= 15 is 0 Å². The Balaban J connectivity index is 2.58. The molecule has 0 amide bonds. The monoisotopic (exact) mass is 382 g/mol. The van der Waals surface area contributed by atoms with E-state index in [1.165, 1.54) is 12.3 Å². The third-order valence-electron chi connectivity index (χ3n) is 3.55. The number of hydrogen-bond acceptors (Lipinski definition) is 5. The van der Waals surface area contributed by atoms with Gasteiger partial charge in [-0.15, -0.1) is 0 Å². The summed E-state index contributed by atoms with van der Waals surface area (Å²) in [6, 6.07) is 3.05. The van der Waals surface area contributed by atoms with Crippen LogP contribution in [-0.4, -0.2) is 31.7 Å². The van der Waals surface area contributed by atoms with Crippen molar-refractivity contribution in [2.24, 2.45) is 4.40 Å². The summed E-state index contributed by atoms with van der Waals surface area (Å²) in [6.45, 7) is 8.86. The quantitative estimate of drug-likeness (QED) is 0.631. The molecular formula is C17H19ClN2O4S. The second-order valence-electron chi connectivity index (χ2n) is 6.53. The lowest BCUT2D eigenvalue weighted by molar-refractivity contribution is 0.0696. The molecule has 25 heavy (non-hydrogen) atoms. The van der Waals surface area contributed by atoms with Crippen LogP contribution in [0.25, 0.3) is 11.1 Å². The normalized spacial score (nSPS) is 13.4. The molecule has 1 N–H and O–H groups in total. The molecule has 1 aromatic heterocycles. The molecule has 0 fully saturated rings. The summed E-state index contributed by atoms with van der Waals surface area (Å²) in [7, 11) is 0. The molecule has 0 saturated heterocycles. The molecular weight excluding hydrogens is 364 g/mol. The fraction of sp³-hybridized carbons (Fsp3) is 0.353. The number of aryl methyl sites for hydroxylation is 1. The van der Waals surface area contributed by atoms with Gasteiger partial charge in [-0.1, -0.05) is 21.2 Å². The first-order valence-corrected chi connectivity index (χ1v) is 8.97. The molecule has 0 aliphatic rings. The molecule has 6 nitrogen and oxygen atoms in total. The first-order chi connectivity index (χ1) is 11.5. The van der Waals surface area contributed by atoms with Crippen molar-refractivity contribution in [3.8, 4) is 11.1 Å². The van der Waals surface area contributed by atoms with E-state index in [1.54, 1.807) is 19.9 Å². The van der Waals surface area contributed by atoms with E-state index in [0.29, 0.717) is 33.2 Å². The molecule has 0 aliphatic carbocycles. The summed E-state index contributed by atoms with van der Waals surface area (Å²) < 4.78 is 20.9. The highest BCUT2D eigenvalue weighted by Crippen LogP contribution is 2.34. The maximum Gasteiger partial charge on any atom is 0.336 e. The SMILES string of the molecule is Cc1noc(/C=N/[S+]([O-])C(C)(C)C)c1-c1cc(Cl)cc(C(=O)O)c1C.